The van der Waals surface area contributed by atoms with E-state index in [0.29, 0.717) is 6.04 Å². The normalized spacial score (nSPS) is 14.3. The second-order valence-electron chi connectivity index (χ2n) is 4.95. The van der Waals surface area contributed by atoms with Crippen LogP contribution in [0.1, 0.15) is 39.2 Å². The largest absolute Gasteiger partial charge is 0.326 e. The van der Waals surface area contributed by atoms with Crippen molar-refractivity contribution >= 4 is 0 Å². The summed E-state index contributed by atoms with van der Waals surface area (Å²) in [5.74, 6) is 1.01. The quantitative estimate of drug-likeness (QED) is 0.858. The average molecular weight is 257 g/mol. The minimum absolute atomic E-state index is 0.187. The number of hydrogen-bond donors (Lipinski definition) is 1. The van der Waals surface area contributed by atoms with E-state index in [0.717, 1.165) is 30.7 Å². The summed E-state index contributed by atoms with van der Waals surface area (Å²) < 4.78 is 2.23. The van der Waals surface area contributed by atoms with E-state index >= 15 is 0 Å². The molecule has 0 saturated carbocycles. The highest BCUT2D eigenvalue weighted by Crippen LogP contribution is 2.25. The minimum Gasteiger partial charge on any atom is -0.326 e. The van der Waals surface area contributed by atoms with E-state index in [1.54, 1.807) is 0 Å². The molecule has 0 radical (unpaired) electrons. The van der Waals surface area contributed by atoms with Crippen LogP contribution in [0.2, 0.25) is 0 Å². The molecule has 2 rings (SSSR count). The topological polar surface area (TPSA) is 43.8 Å². The first-order valence-corrected chi connectivity index (χ1v) is 7.11. The molecule has 2 aromatic rings. The number of hydrogen-bond acceptors (Lipinski definition) is 2. The van der Waals surface area contributed by atoms with Gasteiger partial charge in [0.25, 0.3) is 0 Å². The van der Waals surface area contributed by atoms with E-state index in [1.165, 1.54) is 0 Å². The van der Waals surface area contributed by atoms with Crippen molar-refractivity contribution in [3.05, 3.63) is 42.7 Å². The monoisotopic (exact) mass is 257 g/mol. The lowest BCUT2D eigenvalue weighted by Gasteiger charge is -2.25. The molecule has 3 nitrogen and oxygen atoms in total. The summed E-state index contributed by atoms with van der Waals surface area (Å²) in [5, 5.41) is 0. The van der Waals surface area contributed by atoms with Gasteiger partial charge in [0.05, 0.1) is 0 Å². The number of nitrogens with zero attached hydrogens (tertiary/aromatic N) is 2. The van der Waals surface area contributed by atoms with E-state index in [9.17, 15) is 0 Å². The van der Waals surface area contributed by atoms with Gasteiger partial charge in [-0.3, -0.25) is 0 Å². The first-order valence-electron chi connectivity index (χ1n) is 7.11. The molecule has 0 aliphatic carbocycles. The third-order valence-corrected chi connectivity index (χ3v) is 3.59. The molecule has 0 spiro atoms. The van der Waals surface area contributed by atoms with E-state index in [1.807, 2.05) is 30.6 Å². The van der Waals surface area contributed by atoms with Gasteiger partial charge in [-0.25, -0.2) is 4.98 Å². The van der Waals surface area contributed by atoms with Crippen molar-refractivity contribution in [2.75, 3.05) is 0 Å². The van der Waals surface area contributed by atoms with Crippen LogP contribution in [0.4, 0.5) is 0 Å². The molecular weight excluding hydrogens is 234 g/mol. The summed E-state index contributed by atoms with van der Waals surface area (Å²) in [6.45, 7) is 4.37. The predicted octanol–water partition coefficient (Wildman–Crippen LogP) is 3.63. The number of aromatic nitrogens is 2. The van der Waals surface area contributed by atoms with Crippen molar-refractivity contribution < 1.29 is 0 Å². The maximum absolute atomic E-state index is 6.33. The Balaban J connectivity index is 2.32. The molecule has 3 heteroatoms. The molecule has 0 aliphatic rings. The molecule has 102 valence electrons. The summed E-state index contributed by atoms with van der Waals surface area (Å²) in [6, 6.07) is 10.8. The van der Waals surface area contributed by atoms with Gasteiger partial charge < -0.3 is 10.3 Å². The van der Waals surface area contributed by atoms with Crippen LogP contribution in [-0.4, -0.2) is 15.6 Å². The fraction of sp³-hybridized carbons (Fsp3) is 0.438. The van der Waals surface area contributed by atoms with Gasteiger partial charge >= 0.3 is 0 Å². The van der Waals surface area contributed by atoms with Crippen molar-refractivity contribution in [2.24, 2.45) is 5.73 Å². The molecule has 1 aromatic heterocycles. The van der Waals surface area contributed by atoms with Gasteiger partial charge in [0.2, 0.25) is 0 Å². The van der Waals surface area contributed by atoms with Gasteiger partial charge in [-0.15, -0.1) is 0 Å². The van der Waals surface area contributed by atoms with Gasteiger partial charge in [0.1, 0.15) is 5.82 Å². The smallest absolute Gasteiger partial charge is 0.140 e. The summed E-state index contributed by atoms with van der Waals surface area (Å²) in [5.41, 5.74) is 7.48. The summed E-state index contributed by atoms with van der Waals surface area (Å²) in [4.78, 5) is 4.51. The number of benzene rings is 1. The highest BCUT2D eigenvalue weighted by molar-refractivity contribution is 5.55. The molecule has 0 saturated heterocycles. The van der Waals surface area contributed by atoms with Gasteiger partial charge in [-0.05, 0) is 12.8 Å². The number of imidazole rings is 1. The van der Waals surface area contributed by atoms with Crippen molar-refractivity contribution in [3.63, 3.8) is 0 Å². The number of nitrogens with two attached hydrogens (primary N) is 1. The van der Waals surface area contributed by atoms with Crippen molar-refractivity contribution in [3.8, 4) is 11.4 Å². The molecule has 0 fully saturated rings. The van der Waals surface area contributed by atoms with Crippen LogP contribution in [0, 0.1) is 0 Å². The Morgan fingerprint density at radius 2 is 1.95 bits per heavy atom. The lowest BCUT2D eigenvalue weighted by Crippen LogP contribution is -2.32. The summed E-state index contributed by atoms with van der Waals surface area (Å²) in [7, 11) is 0. The Morgan fingerprint density at radius 1 is 1.21 bits per heavy atom. The molecule has 2 unspecified atom stereocenters. The Labute approximate surface area is 115 Å². The molecule has 0 amide bonds. The Kier molecular flexibility index (Phi) is 4.74. The van der Waals surface area contributed by atoms with E-state index in [2.05, 4.69) is 35.5 Å². The Bertz CT molecular complexity index is 490. The molecule has 0 bridgehead atoms. The van der Waals surface area contributed by atoms with Crippen LogP contribution in [0.15, 0.2) is 42.7 Å². The molecule has 1 aromatic carbocycles. The van der Waals surface area contributed by atoms with Gasteiger partial charge in [0, 0.05) is 30.0 Å². The third kappa shape index (κ3) is 3.04. The fourth-order valence-electron chi connectivity index (χ4n) is 2.62. The third-order valence-electron chi connectivity index (χ3n) is 3.59. The first kappa shape index (κ1) is 13.8. The molecule has 2 atom stereocenters. The van der Waals surface area contributed by atoms with Crippen LogP contribution < -0.4 is 5.73 Å². The van der Waals surface area contributed by atoms with Crippen LogP contribution in [0.5, 0.6) is 0 Å². The summed E-state index contributed by atoms with van der Waals surface area (Å²) in [6.07, 6.45) is 7.10. The number of rotatable bonds is 6. The molecule has 1 heterocycles. The van der Waals surface area contributed by atoms with Gasteiger partial charge in [-0.2, -0.15) is 0 Å². The van der Waals surface area contributed by atoms with Crippen molar-refractivity contribution in [2.45, 2.75) is 45.2 Å². The molecule has 19 heavy (non-hydrogen) atoms. The summed E-state index contributed by atoms with van der Waals surface area (Å²) >= 11 is 0. The van der Waals surface area contributed by atoms with Crippen molar-refractivity contribution in [1.82, 2.24) is 9.55 Å². The van der Waals surface area contributed by atoms with Crippen molar-refractivity contribution in [1.29, 1.82) is 0 Å². The zero-order valence-corrected chi connectivity index (χ0v) is 11.8. The zero-order valence-electron chi connectivity index (χ0n) is 11.8. The second kappa shape index (κ2) is 6.53. The lowest BCUT2D eigenvalue weighted by atomic mass is 10.0. The molecular formula is C16H23N3. The van der Waals surface area contributed by atoms with Crippen LogP contribution in [-0.2, 0) is 0 Å². The maximum atomic E-state index is 6.33. The minimum atomic E-state index is 0.187. The lowest BCUT2D eigenvalue weighted by molar-refractivity contribution is 0.381. The van der Waals surface area contributed by atoms with E-state index in [-0.39, 0.29) is 6.04 Å². The average Bonchev–Trinajstić information content (AvgIpc) is 2.90. The maximum Gasteiger partial charge on any atom is 0.140 e. The van der Waals surface area contributed by atoms with E-state index in [4.69, 9.17) is 5.73 Å². The Hall–Kier alpha value is -1.61. The van der Waals surface area contributed by atoms with Gasteiger partial charge in [0.15, 0.2) is 0 Å². The van der Waals surface area contributed by atoms with Crippen LogP contribution in [0.25, 0.3) is 11.4 Å². The highest BCUT2D eigenvalue weighted by Gasteiger charge is 2.20. The zero-order chi connectivity index (χ0) is 13.7. The second-order valence-corrected chi connectivity index (χ2v) is 4.95. The highest BCUT2D eigenvalue weighted by atomic mass is 15.1. The standard InChI is InChI=1S/C16H23N3/c1-3-8-14(17)15(4-2)19-12-11-18-16(19)13-9-6-5-7-10-13/h5-7,9-12,14-15H,3-4,8,17H2,1-2H3. The van der Waals surface area contributed by atoms with Crippen LogP contribution >= 0.6 is 0 Å². The predicted molar refractivity (Wildman–Crippen MR) is 79.9 cm³/mol. The van der Waals surface area contributed by atoms with Gasteiger partial charge in [-0.1, -0.05) is 50.6 Å². The molecule has 0 aliphatic heterocycles. The van der Waals surface area contributed by atoms with Crippen LogP contribution in [0.3, 0.4) is 0 Å². The Morgan fingerprint density at radius 3 is 2.58 bits per heavy atom. The first-order chi connectivity index (χ1) is 9.27. The SMILES string of the molecule is CCCC(N)C(CC)n1ccnc1-c1ccccc1. The fourth-order valence-corrected chi connectivity index (χ4v) is 2.62. The molecule has 2 N–H and O–H groups in total. The van der Waals surface area contributed by atoms with E-state index < -0.39 is 0 Å².